The number of hydroxylamine groups is 2. The summed E-state index contributed by atoms with van der Waals surface area (Å²) < 4.78 is 0. The highest BCUT2D eigenvalue weighted by molar-refractivity contribution is 5.88. The van der Waals surface area contributed by atoms with Crippen LogP contribution in [0.5, 0.6) is 0 Å². The standard InChI is InChI=1S/C16H26N2O2/c1-2-3-6-12-11-17-14(8-4-9-15(17)19)13-7-5-10-18(20)16(12)13/h4,9,12-14,16,20H,2-3,5-8,10-11H2,1H3. The maximum absolute atomic E-state index is 12.2. The lowest BCUT2D eigenvalue weighted by Gasteiger charge is -2.54. The van der Waals surface area contributed by atoms with Crippen molar-refractivity contribution in [2.24, 2.45) is 11.8 Å². The Labute approximate surface area is 121 Å². The van der Waals surface area contributed by atoms with Gasteiger partial charge in [-0.15, -0.1) is 0 Å². The van der Waals surface area contributed by atoms with Gasteiger partial charge in [0.1, 0.15) is 0 Å². The lowest BCUT2D eigenvalue weighted by molar-refractivity contribution is -0.202. The zero-order valence-electron chi connectivity index (χ0n) is 12.4. The average molecular weight is 278 g/mol. The van der Waals surface area contributed by atoms with Crippen molar-refractivity contribution in [3.8, 4) is 0 Å². The van der Waals surface area contributed by atoms with Crippen molar-refractivity contribution < 1.29 is 10.0 Å². The topological polar surface area (TPSA) is 43.8 Å². The SMILES string of the molecule is CCCCC1CN2C(=O)C=CCC2C2CCCN(O)C12. The van der Waals surface area contributed by atoms with E-state index in [0.29, 0.717) is 17.9 Å². The molecule has 20 heavy (non-hydrogen) atoms. The fraction of sp³-hybridized carbons (Fsp3) is 0.812. The van der Waals surface area contributed by atoms with E-state index in [1.165, 1.54) is 12.8 Å². The van der Waals surface area contributed by atoms with Gasteiger partial charge in [-0.2, -0.15) is 5.06 Å². The molecule has 0 saturated carbocycles. The van der Waals surface area contributed by atoms with Crippen LogP contribution in [0.15, 0.2) is 12.2 Å². The van der Waals surface area contributed by atoms with E-state index in [4.69, 9.17) is 0 Å². The van der Waals surface area contributed by atoms with E-state index in [1.807, 2.05) is 6.08 Å². The number of carbonyl (C=O) groups is 1. The zero-order chi connectivity index (χ0) is 14.1. The Morgan fingerprint density at radius 1 is 1.45 bits per heavy atom. The Morgan fingerprint density at radius 3 is 3.10 bits per heavy atom. The molecular weight excluding hydrogens is 252 g/mol. The summed E-state index contributed by atoms with van der Waals surface area (Å²) in [4.78, 5) is 14.3. The summed E-state index contributed by atoms with van der Waals surface area (Å²) in [6.45, 7) is 3.82. The molecule has 0 bridgehead atoms. The second-order valence-corrected chi connectivity index (χ2v) is 6.56. The maximum Gasteiger partial charge on any atom is 0.246 e. The van der Waals surface area contributed by atoms with E-state index in [0.717, 1.165) is 38.8 Å². The van der Waals surface area contributed by atoms with Gasteiger partial charge in [0.05, 0.1) is 0 Å². The molecule has 2 fully saturated rings. The molecule has 0 radical (unpaired) electrons. The minimum Gasteiger partial charge on any atom is -0.335 e. The van der Waals surface area contributed by atoms with Crippen LogP contribution in [0.2, 0.25) is 0 Å². The molecule has 0 aromatic rings. The average Bonchev–Trinajstić information content (AvgIpc) is 2.46. The first-order valence-corrected chi connectivity index (χ1v) is 8.15. The van der Waals surface area contributed by atoms with E-state index in [-0.39, 0.29) is 11.9 Å². The predicted octanol–water partition coefficient (Wildman–Crippen LogP) is 2.43. The van der Waals surface area contributed by atoms with E-state index in [9.17, 15) is 10.0 Å². The third kappa shape index (κ3) is 2.40. The van der Waals surface area contributed by atoms with Crippen LogP contribution in [0, 0.1) is 11.8 Å². The van der Waals surface area contributed by atoms with Gasteiger partial charge in [-0.3, -0.25) is 4.79 Å². The van der Waals surface area contributed by atoms with Crippen molar-refractivity contribution >= 4 is 5.91 Å². The second kappa shape index (κ2) is 5.86. The molecule has 3 heterocycles. The van der Waals surface area contributed by atoms with Crippen LogP contribution in [0.3, 0.4) is 0 Å². The van der Waals surface area contributed by atoms with Gasteiger partial charge in [0, 0.05) is 25.2 Å². The summed E-state index contributed by atoms with van der Waals surface area (Å²) in [5.41, 5.74) is 0. The van der Waals surface area contributed by atoms with Crippen molar-refractivity contribution in [1.29, 1.82) is 0 Å². The normalized spacial score (nSPS) is 37.7. The van der Waals surface area contributed by atoms with Gasteiger partial charge >= 0.3 is 0 Å². The summed E-state index contributed by atoms with van der Waals surface area (Å²) in [6, 6.07) is 0.571. The quantitative estimate of drug-likeness (QED) is 0.862. The third-order valence-electron chi connectivity index (χ3n) is 5.37. The minimum atomic E-state index is 0.177. The van der Waals surface area contributed by atoms with Gasteiger partial charge in [-0.25, -0.2) is 0 Å². The van der Waals surface area contributed by atoms with E-state index in [2.05, 4.69) is 11.8 Å². The van der Waals surface area contributed by atoms with Gasteiger partial charge < -0.3 is 10.1 Å². The van der Waals surface area contributed by atoms with E-state index >= 15 is 0 Å². The molecule has 2 saturated heterocycles. The fourth-order valence-corrected chi connectivity index (χ4v) is 4.46. The first-order valence-electron chi connectivity index (χ1n) is 8.15. The predicted molar refractivity (Wildman–Crippen MR) is 77.3 cm³/mol. The smallest absolute Gasteiger partial charge is 0.246 e. The molecule has 0 aliphatic carbocycles. The molecule has 1 N–H and O–H groups in total. The van der Waals surface area contributed by atoms with Gasteiger partial charge in [0.25, 0.3) is 0 Å². The van der Waals surface area contributed by atoms with Crippen LogP contribution >= 0.6 is 0 Å². The largest absolute Gasteiger partial charge is 0.335 e. The molecule has 4 atom stereocenters. The molecule has 3 aliphatic rings. The molecule has 4 unspecified atom stereocenters. The Morgan fingerprint density at radius 2 is 2.30 bits per heavy atom. The van der Waals surface area contributed by atoms with Crippen molar-refractivity contribution in [3.05, 3.63) is 12.2 Å². The van der Waals surface area contributed by atoms with Gasteiger partial charge in [0.15, 0.2) is 0 Å². The summed E-state index contributed by atoms with van der Waals surface area (Å²) in [7, 11) is 0. The highest BCUT2D eigenvalue weighted by atomic mass is 16.5. The van der Waals surface area contributed by atoms with Crippen LogP contribution in [0.25, 0.3) is 0 Å². The molecule has 0 aromatic carbocycles. The highest BCUT2D eigenvalue weighted by Gasteiger charge is 2.48. The Bertz CT molecular complexity index is 396. The van der Waals surface area contributed by atoms with Crippen LogP contribution < -0.4 is 0 Å². The van der Waals surface area contributed by atoms with Crippen LogP contribution in [-0.2, 0) is 4.79 Å². The Balaban J connectivity index is 1.84. The third-order valence-corrected chi connectivity index (χ3v) is 5.37. The monoisotopic (exact) mass is 278 g/mol. The zero-order valence-corrected chi connectivity index (χ0v) is 12.4. The molecular formula is C16H26N2O2. The number of rotatable bonds is 3. The van der Waals surface area contributed by atoms with Crippen LogP contribution in [-0.4, -0.2) is 46.3 Å². The van der Waals surface area contributed by atoms with E-state index < -0.39 is 0 Å². The maximum atomic E-state index is 12.2. The molecule has 112 valence electrons. The van der Waals surface area contributed by atoms with Crippen molar-refractivity contribution in [1.82, 2.24) is 9.96 Å². The number of amides is 1. The molecule has 1 amide bonds. The number of piperidine rings is 2. The molecule has 3 rings (SSSR count). The summed E-state index contributed by atoms with van der Waals surface area (Å²) in [5.74, 6) is 1.05. The summed E-state index contributed by atoms with van der Waals surface area (Å²) >= 11 is 0. The molecule has 4 nitrogen and oxygen atoms in total. The lowest BCUT2D eigenvalue weighted by atomic mass is 9.71. The Hall–Kier alpha value is -0.870. The Kier molecular flexibility index (Phi) is 4.13. The number of unbranched alkanes of at least 4 members (excludes halogenated alkanes) is 1. The fourth-order valence-electron chi connectivity index (χ4n) is 4.46. The number of nitrogens with zero attached hydrogens (tertiary/aromatic N) is 2. The number of fused-ring (bicyclic) bond motifs is 3. The van der Waals surface area contributed by atoms with Gasteiger partial charge in [-0.05, 0) is 43.6 Å². The first-order chi connectivity index (χ1) is 9.72. The summed E-state index contributed by atoms with van der Waals surface area (Å²) in [6.07, 6.45) is 10.4. The van der Waals surface area contributed by atoms with Crippen LogP contribution in [0.1, 0.15) is 45.4 Å². The molecule has 0 aromatic heterocycles. The van der Waals surface area contributed by atoms with Crippen molar-refractivity contribution in [2.75, 3.05) is 13.1 Å². The summed E-state index contributed by atoms with van der Waals surface area (Å²) in [5, 5.41) is 11.9. The molecule has 3 aliphatic heterocycles. The van der Waals surface area contributed by atoms with Gasteiger partial charge in [0.2, 0.25) is 5.91 Å². The van der Waals surface area contributed by atoms with Crippen molar-refractivity contribution in [3.63, 3.8) is 0 Å². The van der Waals surface area contributed by atoms with Gasteiger partial charge in [-0.1, -0.05) is 25.8 Å². The van der Waals surface area contributed by atoms with E-state index in [1.54, 1.807) is 11.1 Å². The van der Waals surface area contributed by atoms with Crippen molar-refractivity contribution in [2.45, 2.75) is 57.5 Å². The first kappa shape index (κ1) is 14.1. The van der Waals surface area contributed by atoms with Crippen LogP contribution in [0.4, 0.5) is 0 Å². The number of hydrogen-bond donors (Lipinski definition) is 1. The lowest BCUT2D eigenvalue weighted by Crippen LogP contribution is -2.63. The molecule has 4 heteroatoms. The number of carbonyl (C=O) groups excluding carboxylic acids is 1. The minimum absolute atomic E-state index is 0.177. The number of hydrogen-bond acceptors (Lipinski definition) is 3. The highest BCUT2D eigenvalue weighted by Crippen LogP contribution is 2.41. The second-order valence-electron chi connectivity index (χ2n) is 6.56. The molecule has 0 spiro atoms.